The first-order chi connectivity index (χ1) is 17.7. The molecule has 2 aromatic heterocycles. The summed E-state index contributed by atoms with van der Waals surface area (Å²) in [6.07, 6.45) is 3.81. The second-order valence-corrected chi connectivity index (χ2v) is 9.68. The molecule has 180 valence electrons. The standard InChI is InChI=1S/C31H31N5/c1-23-13-14-27(24(2)21-23)28-22-29-31(32-15-16-36(29)33-28)35-19-17-34(18-20-35)30(25-9-5-3-6-10-25)26-11-7-4-8-12-26/h3-16,21-22,30H,17-20H2,1-2H3. The Morgan fingerprint density at radius 3 is 2.06 bits per heavy atom. The van der Waals surface area contributed by atoms with Crippen molar-refractivity contribution in [1.29, 1.82) is 0 Å². The summed E-state index contributed by atoms with van der Waals surface area (Å²) in [7, 11) is 0. The fraction of sp³-hybridized carbons (Fsp3) is 0.226. The van der Waals surface area contributed by atoms with Crippen LogP contribution in [0.5, 0.6) is 0 Å². The zero-order chi connectivity index (χ0) is 24.5. The smallest absolute Gasteiger partial charge is 0.154 e. The van der Waals surface area contributed by atoms with Crippen LogP contribution < -0.4 is 4.90 Å². The molecular formula is C31H31N5. The molecule has 3 heterocycles. The predicted molar refractivity (Wildman–Crippen MR) is 146 cm³/mol. The van der Waals surface area contributed by atoms with E-state index < -0.39 is 0 Å². The Morgan fingerprint density at radius 2 is 1.42 bits per heavy atom. The molecule has 0 N–H and O–H groups in total. The minimum absolute atomic E-state index is 0.254. The van der Waals surface area contributed by atoms with Gasteiger partial charge >= 0.3 is 0 Å². The van der Waals surface area contributed by atoms with Crippen LogP contribution >= 0.6 is 0 Å². The summed E-state index contributed by atoms with van der Waals surface area (Å²) in [6, 6.07) is 30.7. The number of benzene rings is 3. The zero-order valence-corrected chi connectivity index (χ0v) is 20.9. The van der Waals surface area contributed by atoms with E-state index in [-0.39, 0.29) is 6.04 Å². The number of hydrogen-bond donors (Lipinski definition) is 0. The van der Waals surface area contributed by atoms with E-state index in [0.717, 1.165) is 43.2 Å². The molecule has 5 aromatic rings. The number of nitrogens with zero attached hydrogens (tertiary/aromatic N) is 5. The molecule has 6 rings (SSSR count). The van der Waals surface area contributed by atoms with Crippen molar-refractivity contribution >= 4 is 11.3 Å². The van der Waals surface area contributed by atoms with Crippen LogP contribution in [-0.2, 0) is 0 Å². The average molecular weight is 474 g/mol. The maximum absolute atomic E-state index is 4.89. The molecule has 0 unspecified atom stereocenters. The van der Waals surface area contributed by atoms with Crippen molar-refractivity contribution in [2.24, 2.45) is 0 Å². The van der Waals surface area contributed by atoms with Gasteiger partial charge in [0, 0.05) is 44.1 Å². The average Bonchev–Trinajstić information content (AvgIpc) is 3.35. The summed E-state index contributed by atoms with van der Waals surface area (Å²) in [5, 5.41) is 4.89. The van der Waals surface area contributed by atoms with E-state index in [4.69, 9.17) is 10.1 Å². The molecule has 5 nitrogen and oxygen atoms in total. The molecule has 0 spiro atoms. The lowest BCUT2D eigenvalue weighted by molar-refractivity contribution is 0.212. The molecule has 36 heavy (non-hydrogen) atoms. The van der Waals surface area contributed by atoms with Crippen LogP contribution in [0.15, 0.2) is 97.3 Å². The maximum atomic E-state index is 4.89. The van der Waals surface area contributed by atoms with Crippen LogP contribution in [0.1, 0.15) is 28.3 Å². The molecule has 1 aliphatic rings. The van der Waals surface area contributed by atoms with Gasteiger partial charge in [-0.1, -0.05) is 84.4 Å². The van der Waals surface area contributed by atoms with E-state index in [2.05, 4.69) is 109 Å². The molecular weight excluding hydrogens is 442 g/mol. The van der Waals surface area contributed by atoms with Gasteiger partial charge in [-0.3, -0.25) is 4.90 Å². The van der Waals surface area contributed by atoms with Gasteiger partial charge in [-0.05, 0) is 36.6 Å². The van der Waals surface area contributed by atoms with E-state index >= 15 is 0 Å². The van der Waals surface area contributed by atoms with E-state index in [1.165, 1.54) is 27.8 Å². The molecule has 0 radical (unpaired) electrons. The van der Waals surface area contributed by atoms with E-state index in [9.17, 15) is 0 Å². The van der Waals surface area contributed by atoms with Crippen LogP contribution in [0, 0.1) is 13.8 Å². The SMILES string of the molecule is Cc1ccc(-c2cc3c(N4CCN(C(c5ccccc5)c5ccccc5)CC4)nccn3n2)c(C)c1. The minimum Gasteiger partial charge on any atom is -0.352 e. The Morgan fingerprint density at radius 1 is 0.750 bits per heavy atom. The number of piperazine rings is 1. The van der Waals surface area contributed by atoms with Gasteiger partial charge in [-0.15, -0.1) is 0 Å². The topological polar surface area (TPSA) is 36.7 Å². The van der Waals surface area contributed by atoms with Gasteiger partial charge in [-0.2, -0.15) is 5.10 Å². The van der Waals surface area contributed by atoms with Crippen LogP contribution in [0.2, 0.25) is 0 Å². The summed E-state index contributed by atoms with van der Waals surface area (Å²) >= 11 is 0. The molecule has 0 bridgehead atoms. The fourth-order valence-electron chi connectivity index (χ4n) is 5.46. The first-order valence-corrected chi connectivity index (χ1v) is 12.7. The molecule has 0 atom stereocenters. The van der Waals surface area contributed by atoms with E-state index in [1.807, 2.05) is 16.9 Å². The summed E-state index contributed by atoms with van der Waals surface area (Å²) in [6.45, 7) is 8.06. The van der Waals surface area contributed by atoms with E-state index in [0.29, 0.717) is 0 Å². The quantitative estimate of drug-likeness (QED) is 0.317. The van der Waals surface area contributed by atoms with Gasteiger partial charge in [0.15, 0.2) is 5.82 Å². The third kappa shape index (κ3) is 4.27. The predicted octanol–water partition coefficient (Wildman–Crippen LogP) is 5.92. The molecule has 5 heteroatoms. The molecule has 1 saturated heterocycles. The minimum atomic E-state index is 0.254. The zero-order valence-electron chi connectivity index (χ0n) is 20.9. The van der Waals surface area contributed by atoms with Gasteiger partial charge in [0.2, 0.25) is 0 Å². The number of hydrogen-bond acceptors (Lipinski definition) is 4. The Hall–Kier alpha value is -3.96. The third-order valence-corrected chi connectivity index (χ3v) is 7.24. The highest BCUT2D eigenvalue weighted by Gasteiger charge is 2.27. The van der Waals surface area contributed by atoms with Crippen molar-refractivity contribution < 1.29 is 0 Å². The van der Waals surface area contributed by atoms with Crippen molar-refractivity contribution in [2.45, 2.75) is 19.9 Å². The lowest BCUT2D eigenvalue weighted by atomic mass is 9.96. The molecule has 0 aliphatic carbocycles. The van der Waals surface area contributed by atoms with Gasteiger partial charge in [-0.25, -0.2) is 9.50 Å². The van der Waals surface area contributed by atoms with Crippen molar-refractivity contribution in [3.05, 3.63) is 120 Å². The van der Waals surface area contributed by atoms with Gasteiger partial charge < -0.3 is 4.90 Å². The van der Waals surface area contributed by atoms with Crippen molar-refractivity contribution in [1.82, 2.24) is 19.5 Å². The number of anilines is 1. The molecule has 0 amide bonds. The van der Waals surface area contributed by atoms with Crippen LogP contribution in [-0.4, -0.2) is 45.7 Å². The Labute approximate surface area is 212 Å². The summed E-state index contributed by atoms with van der Waals surface area (Å²) in [5.74, 6) is 1.01. The summed E-state index contributed by atoms with van der Waals surface area (Å²) in [5.41, 5.74) is 8.42. The lowest BCUT2D eigenvalue weighted by Crippen LogP contribution is -2.48. The van der Waals surface area contributed by atoms with E-state index in [1.54, 1.807) is 0 Å². The molecule has 1 aliphatic heterocycles. The van der Waals surface area contributed by atoms with Crippen LogP contribution in [0.25, 0.3) is 16.8 Å². The lowest BCUT2D eigenvalue weighted by Gasteiger charge is -2.40. The highest BCUT2D eigenvalue weighted by Crippen LogP contribution is 2.32. The van der Waals surface area contributed by atoms with Crippen LogP contribution in [0.4, 0.5) is 5.82 Å². The Bertz CT molecular complexity index is 1430. The number of aryl methyl sites for hydroxylation is 2. The molecule has 1 fully saturated rings. The fourth-order valence-corrected chi connectivity index (χ4v) is 5.46. The summed E-state index contributed by atoms with van der Waals surface area (Å²) < 4.78 is 1.97. The van der Waals surface area contributed by atoms with Crippen molar-refractivity contribution in [3.8, 4) is 11.3 Å². The molecule has 0 saturated carbocycles. The second kappa shape index (κ2) is 9.59. The monoisotopic (exact) mass is 473 g/mol. The highest BCUT2D eigenvalue weighted by atomic mass is 15.3. The second-order valence-electron chi connectivity index (χ2n) is 9.68. The number of aromatic nitrogens is 3. The Kier molecular flexibility index (Phi) is 5.99. The summed E-state index contributed by atoms with van der Waals surface area (Å²) in [4.78, 5) is 9.81. The van der Waals surface area contributed by atoms with Gasteiger partial charge in [0.1, 0.15) is 5.52 Å². The van der Waals surface area contributed by atoms with Crippen molar-refractivity contribution in [3.63, 3.8) is 0 Å². The van der Waals surface area contributed by atoms with Crippen molar-refractivity contribution in [2.75, 3.05) is 31.1 Å². The first kappa shape index (κ1) is 22.5. The third-order valence-electron chi connectivity index (χ3n) is 7.24. The molecule has 3 aromatic carbocycles. The normalized spacial score (nSPS) is 14.6. The van der Waals surface area contributed by atoms with Gasteiger partial charge in [0.05, 0.1) is 11.7 Å². The first-order valence-electron chi connectivity index (χ1n) is 12.7. The number of fused-ring (bicyclic) bond motifs is 1. The number of rotatable bonds is 5. The van der Waals surface area contributed by atoms with Gasteiger partial charge in [0.25, 0.3) is 0 Å². The Balaban J connectivity index is 1.27. The van der Waals surface area contributed by atoms with Crippen LogP contribution in [0.3, 0.4) is 0 Å². The maximum Gasteiger partial charge on any atom is 0.154 e. The highest BCUT2D eigenvalue weighted by molar-refractivity contribution is 5.76. The largest absolute Gasteiger partial charge is 0.352 e.